The van der Waals surface area contributed by atoms with Crippen LogP contribution in [-0.4, -0.2) is 57.5 Å². The van der Waals surface area contributed by atoms with Gasteiger partial charge in [0.15, 0.2) is 0 Å². The molecule has 0 atom stereocenters. The molecule has 0 spiro atoms. The Labute approximate surface area is 233 Å². The van der Waals surface area contributed by atoms with E-state index in [1.165, 1.54) is 19.2 Å². The molecule has 0 aliphatic carbocycles. The van der Waals surface area contributed by atoms with Gasteiger partial charge in [0.2, 0.25) is 5.91 Å². The Morgan fingerprint density at radius 3 is 2.30 bits per heavy atom. The molecule has 0 saturated carbocycles. The standard InChI is InChI=1S/C31H33FN4O4/c1-35(2)18-17-27(37)36(3)24-13-11-23(12-14-24)33-30(21-8-5-20(6-9-21)7-16-28(38)40-4)29-25-15-10-22(32)19-26(25)34-31(29)39/h5-6,8-15,19,33H,7,16-18H2,1-4H3,(H,34,39). The Bertz CT molecular complexity index is 1430. The van der Waals surface area contributed by atoms with Gasteiger partial charge in [0.1, 0.15) is 5.82 Å². The van der Waals surface area contributed by atoms with Crippen LogP contribution in [0.1, 0.15) is 29.5 Å². The fraction of sp³-hybridized carbons (Fsp3) is 0.258. The predicted molar refractivity (Wildman–Crippen MR) is 155 cm³/mol. The van der Waals surface area contributed by atoms with E-state index >= 15 is 0 Å². The average Bonchev–Trinajstić information content (AvgIpc) is 3.27. The summed E-state index contributed by atoms with van der Waals surface area (Å²) in [4.78, 5) is 40.8. The molecule has 0 aromatic heterocycles. The molecule has 4 rings (SSSR count). The molecule has 3 aromatic rings. The van der Waals surface area contributed by atoms with Gasteiger partial charge in [-0.25, -0.2) is 4.39 Å². The molecule has 9 heteroatoms. The van der Waals surface area contributed by atoms with Crippen LogP contribution in [0.2, 0.25) is 0 Å². The maximum Gasteiger partial charge on any atom is 0.305 e. The molecule has 0 radical (unpaired) electrons. The largest absolute Gasteiger partial charge is 0.469 e. The topological polar surface area (TPSA) is 91.0 Å². The first-order chi connectivity index (χ1) is 19.2. The number of fused-ring (bicyclic) bond motifs is 1. The van der Waals surface area contributed by atoms with Crippen LogP contribution in [0.25, 0.3) is 11.3 Å². The summed E-state index contributed by atoms with van der Waals surface area (Å²) in [6.45, 7) is 0.661. The second kappa shape index (κ2) is 12.6. The van der Waals surface area contributed by atoms with Gasteiger partial charge in [-0.3, -0.25) is 14.4 Å². The third-order valence-corrected chi connectivity index (χ3v) is 6.74. The van der Waals surface area contributed by atoms with E-state index < -0.39 is 5.82 Å². The SMILES string of the molecule is COC(=O)CCc1ccc(C(Nc2ccc(N(C)C(=O)CCN(C)C)cc2)=C2C(=O)Nc3cc(F)ccc32)cc1. The minimum Gasteiger partial charge on any atom is -0.469 e. The summed E-state index contributed by atoms with van der Waals surface area (Å²) in [5.74, 6) is -1.06. The lowest BCUT2D eigenvalue weighted by atomic mass is 9.98. The number of ether oxygens (including phenoxy) is 1. The van der Waals surface area contributed by atoms with E-state index in [-0.39, 0.29) is 24.2 Å². The molecule has 0 bridgehead atoms. The van der Waals surface area contributed by atoms with Crippen LogP contribution in [-0.2, 0) is 25.5 Å². The van der Waals surface area contributed by atoms with E-state index in [1.54, 1.807) is 18.0 Å². The molecule has 40 heavy (non-hydrogen) atoms. The lowest BCUT2D eigenvalue weighted by molar-refractivity contribution is -0.140. The van der Waals surface area contributed by atoms with Gasteiger partial charge in [-0.05, 0) is 74.1 Å². The summed E-state index contributed by atoms with van der Waals surface area (Å²) in [7, 11) is 6.96. The lowest BCUT2D eigenvalue weighted by Crippen LogP contribution is -2.29. The number of aryl methyl sites for hydroxylation is 1. The maximum atomic E-state index is 13.9. The van der Waals surface area contributed by atoms with Gasteiger partial charge >= 0.3 is 5.97 Å². The lowest BCUT2D eigenvalue weighted by Gasteiger charge is -2.20. The van der Waals surface area contributed by atoms with Crippen LogP contribution >= 0.6 is 0 Å². The first-order valence-corrected chi connectivity index (χ1v) is 13.0. The maximum absolute atomic E-state index is 13.9. The first kappa shape index (κ1) is 28.5. The number of hydrogen-bond acceptors (Lipinski definition) is 6. The van der Waals surface area contributed by atoms with Crippen molar-refractivity contribution in [2.45, 2.75) is 19.3 Å². The monoisotopic (exact) mass is 544 g/mol. The van der Waals surface area contributed by atoms with Crippen molar-refractivity contribution < 1.29 is 23.5 Å². The zero-order chi connectivity index (χ0) is 28.8. The van der Waals surface area contributed by atoms with E-state index in [4.69, 9.17) is 4.74 Å². The number of halogens is 1. The fourth-order valence-electron chi connectivity index (χ4n) is 4.40. The number of carbonyl (C=O) groups is 3. The highest BCUT2D eigenvalue weighted by Crippen LogP contribution is 2.38. The van der Waals surface area contributed by atoms with Crippen molar-refractivity contribution in [2.24, 2.45) is 0 Å². The van der Waals surface area contributed by atoms with Crippen molar-refractivity contribution in [1.82, 2.24) is 4.90 Å². The number of nitrogens with zero attached hydrogens (tertiary/aromatic N) is 2. The van der Waals surface area contributed by atoms with Gasteiger partial charge in [0.05, 0.1) is 24.1 Å². The van der Waals surface area contributed by atoms with Crippen LogP contribution in [0, 0.1) is 5.82 Å². The summed E-state index contributed by atoms with van der Waals surface area (Å²) >= 11 is 0. The van der Waals surface area contributed by atoms with Gasteiger partial charge < -0.3 is 25.2 Å². The number of benzene rings is 3. The van der Waals surface area contributed by atoms with E-state index in [9.17, 15) is 18.8 Å². The number of amides is 2. The van der Waals surface area contributed by atoms with Gasteiger partial charge in [0, 0.05) is 43.4 Å². The molecule has 2 amide bonds. The highest BCUT2D eigenvalue weighted by Gasteiger charge is 2.29. The van der Waals surface area contributed by atoms with Gasteiger partial charge in [0.25, 0.3) is 5.91 Å². The third-order valence-electron chi connectivity index (χ3n) is 6.74. The second-order valence-corrected chi connectivity index (χ2v) is 9.84. The molecule has 0 fully saturated rings. The molecule has 1 aliphatic rings. The Balaban J connectivity index is 1.65. The van der Waals surface area contributed by atoms with Crippen molar-refractivity contribution in [1.29, 1.82) is 0 Å². The van der Waals surface area contributed by atoms with Crippen LogP contribution < -0.4 is 15.5 Å². The minimum absolute atomic E-state index is 0.0102. The molecule has 1 heterocycles. The highest BCUT2D eigenvalue weighted by atomic mass is 19.1. The van der Waals surface area contributed by atoms with Gasteiger partial charge in [-0.15, -0.1) is 0 Å². The van der Waals surface area contributed by atoms with Crippen molar-refractivity contribution in [2.75, 3.05) is 50.3 Å². The van der Waals surface area contributed by atoms with Crippen molar-refractivity contribution in [3.63, 3.8) is 0 Å². The summed E-state index contributed by atoms with van der Waals surface area (Å²) in [5, 5.41) is 6.13. The Kier molecular flexibility index (Phi) is 8.96. The normalized spacial score (nSPS) is 13.5. The molecular weight excluding hydrogens is 511 g/mol. The molecule has 2 N–H and O–H groups in total. The molecular formula is C31H33FN4O4. The zero-order valence-electron chi connectivity index (χ0n) is 23.1. The summed E-state index contributed by atoms with van der Waals surface area (Å²) < 4.78 is 18.6. The molecule has 0 saturated heterocycles. The smallest absolute Gasteiger partial charge is 0.305 e. The van der Waals surface area contributed by atoms with E-state index in [1.807, 2.05) is 67.5 Å². The molecule has 3 aromatic carbocycles. The summed E-state index contributed by atoms with van der Waals surface area (Å²) in [6, 6.07) is 19.1. The second-order valence-electron chi connectivity index (χ2n) is 9.84. The molecule has 1 aliphatic heterocycles. The van der Waals surface area contributed by atoms with E-state index in [0.717, 1.165) is 16.8 Å². The molecule has 208 valence electrons. The fourth-order valence-corrected chi connectivity index (χ4v) is 4.40. The van der Waals surface area contributed by atoms with Crippen LogP contribution in [0.15, 0.2) is 66.7 Å². The van der Waals surface area contributed by atoms with E-state index in [0.29, 0.717) is 47.6 Å². The quantitative estimate of drug-likeness (QED) is 0.282. The number of methoxy groups -OCH3 is 1. The predicted octanol–water partition coefficient (Wildman–Crippen LogP) is 4.78. The van der Waals surface area contributed by atoms with Crippen LogP contribution in [0.5, 0.6) is 0 Å². The molecule has 8 nitrogen and oxygen atoms in total. The zero-order valence-corrected chi connectivity index (χ0v) is 23.1. The van der Waals surface area contributed by atoms with Gasteiger partial charge in [-0.1, -0.05) is 24.3 Å². The van der Waals surface area contributed by atoms with Crippen molar-refractivity contribution >= 4 is 46.1 Å². The van der Waals surface area contributed by atoms with Crippen molar-refractivity contribution in [3.8, 4) is 0 Å². The first-order valence-electron chi connectivity index (χ1n) is 13.0. The number of rotatable bonds is 10. The number of esters is 1. The average molecular weight is 545 g/mol. The van der Waals surface area contributed by atoms with Crippen LogP contribution in [0.3, 0.4) is 0 Å². The summed E-state index contributed by atoms with van der Waals surface area (Å²) in [5.41, 5.74) is 5.07. The number of hydrogen-bond donors (Lipinski definition) is 2. The minimum atomic E-state index is -0.440. The number of carbonyl (C=O) groups excluding carboxylic acids is 3. The summed E-state index contributed by atoms with van der Waals surface area (Å²) in [6.07, 6.45) is 1.20. The Morgan fingerprint density at radius 2 is 1.65 bits per heavy atom. The van der Waals surface area contributed by atoms with Crippen LogP contribution in [0.4, 0.5) is 21.5 Å². The third kappa shape index (κ3) is 6.73. The van der Waals surface area contributed by atoms with Crippen molar-refractivity contribution in [3.05, 3.63) is 89.2 Å². The highest BCUT2D eigenvalue weighted by molar-refractivity contribution is 6.37. The number of anilines is 3. The van der Waals surface area contributed by atoms with Gasteiger partial charge in [-0.2, -0.15) is 0 Å². The van der Waals surface area contributed by atoms with E-state index in [2.05, 4.69) is 10.6 Å². The molecule has 0 unspecified atom stereocenters. The Hall–Kier alpha value is -4.50. The number of nitrogens with one attached hydrogen (secondary N) is 2. The Morgan fingerprint density at radius 1 is 0.950 bits per heavy atom.